The Bertz CT molecular complexity index is 778. The minimum atomic E-state index is -0.610. The van der Waals surface area contributed by atoms with E-state index in [0.717, 1.165) is 24.5 Å². The Morgan fingerprint density at radius 3 is 2.64 bits per heavy atom. The van der Waals surface area contributed by atoms with E-state index in [1.54, 1.807) is 17.3 Å². The van der Waals surface area contributed by atoms with E-state index in [0.29, 0.717) is 6.54 Å². The number of benzene rings is 1. The van der Waals surface area contributed by atoms with Gasteiger partial charge in [-0.2, -0.15) is 0 Å². The average molecular weight is 343 g/mol. The highest BCUT2D eigenvalue weighted by Crippen LogP contribution is 2.29. The zero-order chi connectivity index (χ0) is 17.8. The van der Waals surface area contributed by atoms with Gasteiger partial charge >= 0.3 is 12.0 Å². The van der Waals surface area contributed by atoms with Gasteiger partial charge in [-0.15, -0.1) is 0 Å². The largest absolute Gasteiger partial charge is 0.465 e. The van der Waals surface area contributed by atoms with E-state index < -0.39 is 17.8 Å². The van der Waals surface area contributed by atoms with Crippen LogP contribution in [0.5, 0.6) is 0 Å². The number of aromatic nitrogens is 1. The molecule has 1 aromatic carbocycles. The Labute approximate surface area is 144 Å². The van der Waals surface area contributed by atoms with Gasteiger partial charge in [-0.1, -0.05) is 0 Å². The van der Waals surface area contributed by atoms with Gasteiger partial charge in [0.15, 0.2) is 0 Å². The molecule has 0 bridgehead atoms. The van der Waals surface area contributed by atoms with Crippen molar-refractivity contribution in [2.75, 3.05) is 12.4 Å². The van der Waals surface area contributed by atoms with Crippen LogP contribution in [0.25, 0.3) is 0 Å². The Morgan fingerprint density at radius 1 is 1.28 bits per heavy atom. The molecule has 0 aliphatic heterocycles. The number of nitrogens with one attached hydrogen (secondary N) is 1. The fourth-order valence-corrected chi connectivity index (χ4v) is 2.49. The number of hydrogen-bond donors (Lipinski definition) is 1. The predicted molar refractivity (Wildman–Crippen MR) is 89.6 cm³/mol. The van der Waals surface area contributed by atoms with Crippen molar-refractivity contribution in [3.63, 3.8) is 0 Å². The molecule has 0 radical (unpaired) electrons. The smallest absolute Gasteiger partial charge is 0.337 e. The zero-order valence-electron chi connectivity index (χ0n) is 13.7. The minimum absolute atomic E-state index is 0.0479. The third-order valence-corrected chi connectivity index (χ3v) is 3.98. The van der Waals surface area contributed by atoms with E-state index >= 15 is 0 Å². The summed E-state index contributed by atoms with van der Waals surface area (Å²) in [5.41, 5.74) is 1.07. The second-order valence-corrected chi connectivity index (χ2v) is 5.83. The van der Waals surface area contributed by atoms with Crippen LogP contribution in [0.3, 0.4) is 0 Å². The predicted octanol–water partition coefficient (Wildman–Crippen LogP) is 3.20. The molecule has 1 aliphatic rings. The van der Waals surface area contributed by atoms with Crippen LogP contribution in [0.4, 0.5) is 14.9 Å². The van der Waals surface area contributed by atoms with Crippen LogP contribution in [0, 0.1) is 5.82 Å². The third kappa shape index (κ3) is 4.12. The molecule has 1 N–H and O–H groups in total. The number of carbonyl (C=O) groups excluding carboxylic acids is 2. The number of ether oxygens (including phenoxy) is 1. The molecule has 6 nitrogen and oxygen atoms in total. The molecule has 1 saturated carbocycles. The molecule has 2 aromatic rings. The van der Waals surface area contributed by atoms with Gasteiger partial charge in [0.1, 0.15) is 5.82 Å². The first kappa shape index (κ1) is 16.9. The topological polar surface area (TPSA) is 71.5 Å². The molecule has 3 rings (SSSR count). The van der Waals surface area contributed by atoms with E-state index in [1.165, 1.54) is 19.2 Å². The van der Waals surface area contributed by atoms with Crippen molar-refractivity contribution >= 4 is 17.7 Å². The number of rotatable bonds is 5. The zero-order valence-corrected chi connectivity index (χ0v) is 13.7. The number of amides is 2. The SMILES string of the molecule is COC(=O)c1ccc(F)c(NC(=O)N(Cc2ccncc2)C2CC2)c1. The maximum atomic E-state index is 14.0. The Balaban J connectivity index is 1.76. The molecule has 2 amide bonds. The minimum Gasteiger partial charge on any atom is -0.465 e. The molecular weight excluding hydrogens is 325 g/mol. The highest BCUT2D eigenvalue weighted by molar-refractivity contribution is 5.94. The van der Waals surface area contributed by atoms with Crippen LogP contribution in [-0.4, -0.2) is 35.0 Å². The summed E-state index contributed by atoms with van der Waals surface area (Å²) in [6.07, 6.45) is 5.17. The molecular formula is C18H18FN3O3. The highest BCUT2D eigenvalue weighted by atomic mass is 19.1. The number of methoxy groups -OCH3 is 1. The number of pyridine rings is 1. The number of anilines is 1. The van der Waals surface area contributed by atoms with Gasteiger partial charge < -0.3 is 15.0 Å². The van der Waals surface area contributed by atoms with E-state index in [1.807, 2.05) is 12.1 Å². The van der Waals surface area contributed by atoms with Crippen molar-refractivity contribution in [3.05, 3.63) is 59.7 Å². The summed E-state index contributed by atoms with van der Waals surface area (Å²) in [5, 5.41) is 2.56. The monoisotopic (exact) mass is 343 g/mol. The molecule has 1 aliphatic carbocycles. The van der Waals surface area contributed by atoms with Crippen LogP contribution in [0.1, 0.15) is 28.8 Å². The number of esters is 1. The summed E-state index contributed by atoms with van der Waals surface area (Å²) in [4.78, 5) is 29.8. The average Bonchev–Trinajstić information content (AvgIpc) is 3.46. The second-order valence-electron chi connectivity index (χ2n) is 5.83. The first-order chi connectivity index (χ1) is 12.1. The lowest BCUT2D eigenvalue weighted by molar-refractivity contribution is 0.0600. The Kier molecular flexibility index (Phi) is 4.92. The molecule has 1 aromatic heterocycles. The fraction of sp³-hybridized carbons (Fsp3) is 0.278. The highest BCUT2D eigenvalue weighted by Gasteiger charge is 2.33. The van der Waals surface area contributed by atoms with Crippen LogP contribution in [0.2, 0.25) is 0 Å². The molecule has 7 heteroatoms. The molecule has 0 unspecified atom stereocenters. The molecule has 0 atom stereocenters. The number of urea groups is 1. The van der Waals surface area contributed by atoms with Gasteiger partial charge in [0, 0.05) is 25.0 Å². The lowest BCUT2D eigenvalue weighted by Crippen LogP contribution is -2.36. The molecule has 1 fully saturated rings. The Hall–Kier alpha value is -2.96. The van der Waals surface area contributed by atoms with E-state index in [2.05, 4.69) is 15.0 Å². The number of carbonyl (C=O) groups is 2. The summed E-state index contributed by atoms with van der Waals surface area (Å²) >= 11 is 0. The number of hydrogen-bond acceptors (Lipinski definition) is 4. The van der Waals surface area contributed by atoms with Crippen LogP contribution in [0.15, 0.2) is 42.7 Å². The summed E-state index contributed by atoms with van der Waals surface area (Å²) in [6.45, 7) is 0.414. The van der Waals surface area contributed by atoms with Crippen molar-refractivity contribution in [2.24, 2.45) is 0 Å². The van der Waals surface area contributed by atoms with Gasteiger partial charge in [0.2, 0.25) is 0 Å². The number of halogens is 1. The van der Waals surface area contributed by atoms with Gasteiger partial charge in [0.05, 0.1) is 18.4 Å². The van der Waals surface area contributed by atoms with Crippen molar-refractivity contribution in [1.82, 2.24) is 9.88 Å². The van der Waals surface area contributed by atoms with Crippen LogP contribution < -0.4 is 5.32 Å². The van der Waals surface area contributed by atoms with E-state index in [-0.39, 0.29) is 17.3 Å². The summed E-state index contributed by atoms with van der Waals surface area (Å²) < 4.78 is 18.6. The van der Waals surface area contributed by atoms with Gasteiger partial charge in [-0.3, -0.25) is 4.98 Å². The second kappa shape index (κ2) is 7.29. The normalized spacial score (nSPS) is 13.2. The molecule has 1 heterocycles. The van der Waals surface area contributed by atoms with Gasteiger partial charge in [0.25, 0.3) is 0 Å². The lowest BCUT2D eigenvalue weighted by atomic mass is 10.2. The maximum absolute atomic E-state index is 14.0. The van der Waals surface area contributed by atoms with Crippen LogP contribution >= 0.6 is 0 Å². The maximum Gasteiger partial charge on any atom is 0.337 e. The standard InChI is InChI=1S/C18H18FN3O3/c1-25-17(23)13-2-5-15(19)16(10-13)21-18(24)22(14-3-4-14)11-12-6-8-20-9-7-12/h2,5-10,14H,3-4,11H2,1H3,(H,21,24). The molecule has 130 valence electrons. The van der Waals surface area contributed by atoms with Crippen molar-refractivity contribution < 1.29 is 18.7 Å². The fourth-order valence-electron chi connectivity index (χ4n) is 2.49. The van der Waals surface area contributed by atoms with Crippen LogP contribution in [-0.2, 0) is 11.3 Å². The quantitative estimate of drug-likeness (QED) is 0.846. The lowest BCUT2D eigenvalue weighted by Gasteiger charge is -2.23. The van der Waals surface area contributed by atoms with E-state index in [4.69, 9.17) is 0 Å². The summed E-state index contributed by atoms with van der Waals surface area (Å²) in [7, 11) is 1.24. The number of nitrogens with zero attached hydrogens (tertiary/aromatic N) is 2. The Morgan fingerprint density at radius 2 is 2.00 bits per heavy atom. The van der Waals surface area contributed by atoms with Gasteiger partial charge in [-0.05, 0) is 48.7 Å². The molecule has 25 heavy (non-hydrogen) atoms. The first-order valence-corrected chi connectivity index (χ1v) is 7.93. The van der Waals surface area contributed by atoms with Crippen molar-refractivity contribution in [3.8, 4) is 0 Å². The summed E-state index contributed by atoms with van der Waals surface area (Å²) in [5.74, 6) is -1.20. The first-order valence-electron chi connectivity index (χ1n) is 7.93. The molecule has 0 saturated heterocycles. The summed E-state index contributed by atoms with van der Waals surface area (Å²) in [6, 6.07) is 7.12. The van der Waals surface area contributed by atoms with Crippen molar-refractivity contribution in [2.45, 2.75) is 25.4 Å². The molecule has 0 spiro atoms. The van der Waals surface area contributed by atoms with Crippen molar-refractivity contribution in [1.29, 1.82) is 0 Å². The van der Waals surface area contributed by atoms with Gasteiger partial charge in [-0.25, -0.2) is 14.0 Å². The third-order valence-electron chi connectivity index (χ3n) is 3.98. The van der Waals surface area contributed by atoms with E-state index in [9.17, 15) is 14.0 Å².